The molecule has 0 spiro atoms. The minimum Gasteiger partial charge on any atom is -0.480 e. The second-order valence-corrected chi connectivity index (χ2v) is 8.07. The average Bonchev–Trinajstić information content (AvgIpc) is 2.58. The van der Waals surface area contributed by atoms with E-state index in [-0.39, 0.29) is 5.75 Å². The van der Waals surface area contributed by atoms with Crippen LogP contribution in [-0.4, -0.2) is 55.5 Å². The molecule has 0 bridgehead atoms. The predicted octanol–water partition coefficient (Wildman–Crippen LogP) is 1.78. The van der Waals surface area contributed by atoms with Crippen molar-refractivity contribution in [1.29, 1.82) is 0 Å². The maximum Gasteiger partial charge on any atom is 0.318 e. The summed E-state index contributed by atoms with van der Waals surface area (Å²) in [6.45, 7) is 6.76. The molecule has 1 N–H and O–H groups in total. The average molecular weight is 305 g/mol. The molecule has 1 fully saturated rings. The Balaban J connectivity index is 2.49. The maximum atomic E-state index is 11.6. The SMILES string of the molecule is CCC1(CC)CCCN(CCS(=O)(=O)CC(=O)O)CC1. The third-order valence-corrected chi connectivity index (χ3v) is 6.19. The molecule has 0 aromatic carbocycles. The molecule has 1 heterocycles. The van der Waals surface area contributed by atoms with Crippen molar-refractivity contribution in [3.8, 4) is 0 Å². The molecule has 1 aliphatic heterocycles. The molecule has 0 unspecified atom stereocenters. The molecule has 0 amide bonds. The van der Waals surface area contributed by atoms with E-state index < -0.39 is 21.6 Å². The van der Waals surface area contributed by atoms with Crippen LogP contribution in [0.15, 0.2) is 0 Å². The number of likely N-dealkylation sites (tertiary alicyclic amines) is 1. The fourth-order valence-electron chi connectivity index (χ4n) is 3.02. The highest BCUT2D eigenvalue weighted by Gasteiger charge is 2.29. The Labute approximate surface area is 122 Å². The van der Waals surface area contributed by atoms with Gasteiger partial charge in [0, 0.05) is 6.54 Å². The van der Waals surface area contributed by atoms with Crippen molar-refractivity contribution in [3.05, 3.63) is 0 Å². The van der Waals surface area contributed by atoms with E-state index in [9.17, 15) is 13.2 Å². The highest BCUT2D eigenvalue weighted by Crippen LogP contribution is 2.37. The molecular formula is C14H27NO4S. The fraction of sp³-hybridized carbons (Fsp3) is 0.929. The van der Waals surface area contributed by atoms with E-state index in [1.807, 2.05) is 0 Å². The molecule has 1 rings (SSSR count). The number of carbonyl (C=O) groups is 1. The minimum absolute atomic E-state index is 0.0510. The second-order valence-electron chi connectivity index (χ2n) is 5.89. The van der Waals surface area contributed by atoms with Gasteiger partial charge < -0.3 is 10.0 Å². The van der Waals surface area contributed by atoms with Crippen molar-refractivity contribution in [1.82, 2.24) is 4.90 Å². The Morgan fingerprint density at radius 2 is 1.85 bits per heavy atom. The van der Waals surface area contributed by atoms with Gasteiger partial charge in [-0.1, -0.05) is 26.7 Å². The van der Waals surface area contributed by atoms with Gasteiger partial charge in [0.1, 0.15) is 5.75 Å². The van der Waals surface area contributed by atoms with E-state index in [4.69, 9.17) is 5.11 Å². The van der Waals surface area contributed by atoms with Gasteiger partial charge in [0.05, 0.1) is 5.75 Å². The minimum atomic E-state index is -3.47. The summed E-state index contributed by atoms with van der Waals surface area (Å²) in [5.41, 5.74) is 0.411. The Kier molecular flexibility index (Phi) is 6.45. The summed E-state index contributed by atoms with van der Waals surface area (Å²) < 4.78 is 23.2. The monoisotopic (exact) mass is 305 g/mol. The van der Waals surface area contributed by atoms with E-state index in [0.29, 0.717) is 12.0 Å². The molecule has 0 saturated carbocycles. The van der Waals surface area contributed by atoms with Crippen LogP contribution in [0.4, 0.5) is 0 Å². The van der Waals surface area contributed by atoms with Crippen LogP contribution in [-0.2, 0) is 14.6 Å². The number of carboxylic acid groups (broad SMARTS) is 1. The van der Waals surface area contributed by atoms with Crippen LogP contribution >= 0.6 is 0 Å². The summed E-state index contributed by atoms with van der Waals surface area (Å²) in [5.74, 6) is -2.07. The number of carboxylic acids is 1. The van der Waals surface area contributed by atoms with Crippen molar-refractivity contribution in [2.45, 2.75) is 46.0 Å². The predicted molar refractivity (Wildman–Crippen MR) is 79.6 cm³/mol. The molecule has 6 heteroatoms. The lowest BCUT2D eigenvalue weighted by atomic mass is 9.76. The van der Waals surface area contributed by atoms with Gasteiger partial charge in [0.25, 0.3) is 0 Å². The summed E-state index contributed by atoms with van der Waals surface area (Å²) >= 11 is 0. The highest BCUT2D eigenvalue weighted by molar-refractivity contribution is 7.92. The molecule has 0 radical (unpaired) electrons. The van der Waals surface area contributed by atoms with Gasteiger partial charge in [-0.3, -0.25) is 4.79 Å². The Hall–Kier alpha value is -0.620. The van der Waals surface area contributed by atoms with Crippen molar-refractivity contribution < 1.29 is 18.3 Å². The normalized spacial score (nSPS) is 20.5. The van der Waals surface area contributed by atoms with Crippen molar-refractivity contribution >= 4 is 15.8 Å². The van der Waals surface area contributed by atoms with Crippen LogP contribution in [0.3, 0.4) is 0 Å². The lowest BCUT2D eigenvalue weighted by molar-refractivity contribution is -0.134. The van der Waals surface area contributed by atoms with Gasteiger partial charge in [-0.05, 0) is 37.8 Å². The van der Waals surface area contributed by atoms with E-state index in [0.717, 1.165) is 25.9 Å². The third-order valence-electron chi connectivity index (χ3n) is 4.70. The fourth-order valence-corrected chi connectivity index (χ4v) is 4.08. The molecule has 118 valence electrons. The van der Waals surface area contributed by atoms with Gasteiger partial charge in [-0.15, -0.1) is 0 Å². The number of hydrogen-bond donors (Lipinski definition) is 1. The van der Waals surface area contributed by atoms with Gasteiger partial charge in [0.2, 0.25) is 0 Å². The van der Waals surface area contributed by atoms with E-state index >= 15 is 0 Å². The summed E-state index contributed by atoms with van der Waals surface area (Å²) in [6, 6.07) is 0. The van der Waals surface area contributed by atoms with E-state index in [1.165, 1.54) is 19.3 Å². The molecule has 5 nitrogen and oxygen atoms in total. The zero-order chi connectivity index (χ0) is 15.2. The third kappa shape index (κ3) is 5.40. The second kappa shape index (κ2) is 7.41. The lowest BCUT2D eigenvalue weighted by Gasteiger charge is -2.30. The number of rotatable bonds is 7. The summed E-state index contributed by atoms with van der Waals surface area (Å²) in [5, 5.41) is 8.57. The first-order chi connectivity index (χ1) is 9.32. The molecule has 0 aliphatic carbocycles. The number of nitrogens with zero attached hydrogens (tertiary/aromatic N) is 1. The first-order valence-corrected chi connectivity index (χ1v) is 9.29. The topological polar surface area (TPSA) is 74.7 Å². The summed E-state index contributed by atoms with van der Waals surface area (Å²) in [7, 11) is -3.47. The summed E-state index contributed by atoms with van der Waals surface area (Å²) in [4.78, 5) is 12.7. The first kappa shape index (κ1) is 17.4. The molecule has 0 aromatic rings. The van der Waals surface area contributed by atoms with E-state index in [1.54, 1.807) is 0 Å². The van der Waals surface area contributed by atoms with Crippen molar-refractivity contribution in [3.63, 3.8) is 0 Å². The van der Waals surface area contributed by atoms with Crippen LogP contribution < -0.4 is 0 Å². The van der Waals surface area contributed by atoms with Crippen LogP contribution in [0.25, 0.3) is 0 Å². The number of aliphatic carboxylic acids is 1. The molecule has 1 aliphatic rings. The molecule has 1 saturated heterocycles. The zero-order valence-corrected chi connectivity index (χ0v) is 13.4. The van der Waals surface area contributed by atoms with Gasteiger partial charge >= 0.3 is 5.97 Å². The largest absolute Gasteiger partial charge is 0.480 e. The highest BCUT2D eigenvalue weighted by atomic mass is 32.2. The van der Waals surface area contributed by atoms with Crippen LogP contribution in [0.5, 0.6) is 0 Å². The van der Waals surface area contributed by atoms with Crippen LogP contribution in [0.2, 0.25) is 0 Å². The molecule has 20 heavy (non-hydrogen) atoms. The van der Waals surface area contributed by atoms with Gasteiger partial charge in [-0.25, -0.2) is 8.42 Å². The van der Waals surface area contributed by atoms with E-state index in [2.05, 4.69) is 18.7 Å². The van der Waals surface area contributed by atoms with Crippen molar-refractivity contribution in [2.75, 3.05) is 31.1 Å². The van der Waals surface area contributed by atoms with Crippen LogP contribution in [0.1, 0.15) is 46.0 Å². The number of hydrogen-bond acceptors (Lipinski definition) is 4. The first-order valence-electron chi connectivity index (χ1n) is 7.47. The quantitative estimate of drug-likeness (QED) is 0.776. The van der Waals surface area contributed by atoms with Crippen molar-refractivity contribution in [2.24, 2.45) is 5.41 Å². The molecular weight excluding hydrogens is 278 g/mol. The number of sulfone groups is 1. The lowest BCUT2D eigenvalue weighted by Crippen LogP contribution is -2.32. The molecule has 0 aromatic heterocycles. The van der Waals surface area contributed by atoms with Gasteiger partial charge in [0.15, 0.2) is 9.84 Å². The Morgan fingerprint density at radius 1 is 1.20 bits per heavy atom. The smallest absolute Gasteiger partial charge is 0.318 e. The van der Waals surface area contributed by atoms with Gasteiger partial charge in [-0.2, -0.15) is 0 Å². The molecule has 0 atom stereocenters. The standard InChI is InChI=1S/C14H27NO4S/c1-3-14(4-2)6-5-8-15(9-7-14)10-11-20(18,19)12-13(16)17/h3-12H2,1-2H3,(H,16,17). The summed E-state index contributed by atoms with van der Waals surface area (Å²) in [6.07, 6.45) is 5.77. The Bertz CT molecular complexity index is 415. The maximum absolute atomic E-state index is 11.6. The Morgan fingerprint density at radius 3 is 2.40 bits per heavy atom. The van der Waals surface area contributed by atoms with Crippen LogP contribution in [0, 0.1) is 5.41 Å². The zero-order valence-electron chi connectivity index (χ0n) is 12.6.